The quantitative estimate of drug-likeness (QED) is 0.372. The van der Waals surface area contributed by atoms with Gasteiger partial charge in [0.05, 0.1) is 6.61 Å². The Morgan fingerprint density at radius 3 is 2.54 bits per heavy atom. The van der Waals surface area contributed by atoms with Crippen LogP contribution in [0.1, 0.15) is 31.7 Å². The van der Waals surface area contributed by atoms with Gasteiger partial charge in [-0.2, -0.15) is 0 Å². The van der Waals surface area contributed by atoms with Crippen molar-refractivity contribution in [3.05, 3.63) is 69.1 Å². The molecule has 0 radical (unpaired) electrons. The summed E-state index contributed by atoms with van der Waals surface area (Å²) in [4.78, 5) is 40.5. The van der Waals surface area contributed by atoms with E-state index in [2.05, 4.69) is 9.97 Å². The summed E-state index contributed by atoms with van der Waals surface area (Å²) >= 11 is 0. The van der Waals surface area contributed by atoms with Gasteiger partial charge >= 0.3 is 5.69 Å². The molecule has 0 spiro atoms. The second-order valence-corrected chi connectivity index (χ2v) is 8.70. The predicted octanol–water partition coefficient (Wildman–Crippen LogP) is 2.06. The molecule has 1 aliphatic rings. The molecular weight excluding hydrogens is 448 g/mol. The van der Waals surface area contributed by atoms with Gasteiger partial charge in [0.15, 0.2) is 22.7 Å². The fourth-order valence-electron chi connectivity index (χ4n) is 4.17. The van der Waals surface area contributed by atoms with Crippen LogP contribution in [0.4, 0.5) is 0 Å². The molecule has 0 atom stereocenters. The summed E-state index contributed by atoms with van der Waals surface area (Å²) < 4.78 is 10.5. The Kier molecular flexibility index (Phi) is 6.45. The van der Waals surface area contributed by atoms with Crippen molar-refractivity contribution in [3.63, 3.8) is 0 Å². The van der Waals surface area contributed by atoms with E-state index in [9.17, 15) is 14.7 Å². The Hall–Kier alpha value is -3.79. The third-order valence-electron chi connectivity index (χ3n) is 6.18. The van der Waals surface area contributed by atoms with E-state index in [0.717, 1.165) is 18.4 Å². The van der Waals surface area contributed by atoms with Crippen LogP contribution in [-0.2, 0) is 19.6 Å². The molecule has 1 aromatic carbocycles. The molecule has 182 valence electrons. The van der Waals surface area contributed by atoms with Crippen molar-refractivity contribution in [2.24, 2.45) is 5.92 Å². The highest BCUT2D eigenvalue weighted by atomic mass is 16.5. The number of imidazole rings is 1. The van der Waals surface area contributed by atoms with Crippen LogP contribution >= 0.6 is 0 Å². The molecule has 4 aromatic rings. The van der Waals surface area contributed by atoms with Crippen LogP contribution in [0.15, 0.2) is 52.3 Å². The molecule has 0 unspecified atom stereocenters. The topological polar surface area (TPSA) is 117 Å². The third kappa shape index (κ3) is 4.49. The van der Waals surface area contributed by atoms with Crippen LogP contribution in [0.2, 0.25) is 0 Å². The second-order valence-electron chi connectivity index (χ2n) is 8.70. The van der Waals surface area contributed by atoms with Crippen LogP contribution < -0.4 is 16.0 Å². The van der Waals surface area contributed by atoms with E-state index in [1.807, 2.05) is 37.3 Å². The van der Waals surface area contributed by atoms with Crippen molar-refractivity contribution in [2.45, 2.75) is 45.8 Å². The molecule has 35 heavy (non-hydrogen) atoms. The molecule has 0 bridgehead atoms. The van der Waals surface area contributed by atoms with Gasteiger partial charge in [-0.25, -0.2) is 19.7 Å². The van der Waals surface area contributed by atoms with Crippen molar-refractivity contribution in [3.8, 4) is 17.4 Å². The van der Waals surface area contributed by atoms with Gasteiger partial charge in [0.2, 0.25) is 5.88 Å². The number of aliphatic hydroxyl groups excluding tert-OH is 1. The van der Waals surface area contributed by atoms with E-state index in [4.69, 9.17) is 9.72 Å². The first-order chi connectivity index (χ1) is 17.1. The van der Waals surface area contributed by atoms with E-state index >= 15 is 0 Å². The number of nitrogens with zero attached hydrogens (tertiary/aromatic N) is 6. The van der Waals surface area contributed by atoms with Crippen LogP contribution in [-0.4, -0.2) is 47.0 Å². The minimum atomic E-state index is -0.446. The number of ether oxygens (including phenoxy) is 1. The zero-order valence-electron chi connectivity index (χ0n) is 19.6. The summed E-state index contributed by atoms with van der Waals surface area (Å²) in [5.41, 5.74) is 1.11. The SMILES string of the molecule is CCn1c(=O)n(CCCO)c(=O)c2c1nc(-c1nccnc1OCC1CC1)n2Cc1ccccc1. The third-order valence-corrected chi connectivity index (χ3v) is 6.18. The van der Waals surface area contributed by atoms with Crippen LogP contribution in [0.25, 0.3) is 22.7 Å². The Morgan fingerprint density at radius 1 is 1.06 bits per heavy atom. The van der Waals surface area contributed by atoms with Crippen molar-refractivity contribution in [2.75, 3.05) is 13.2 Å². The minimum Gasteiger partial charge on any atom is -0.476 e. The fourth-order valence-corrected chi connectivity index (χ4v) is 4.17. The van der Waals surface area contributed by atoms with Crippen LogP contribution in [0.3, 0.4) is 0 Å². The van der Waals surface area contributed by atoms with Crippen LogP contribution in [0.5, 0.6) is 5.88 Å². The zero-order valence-corrected chi connectivity index (χ0v) is 19.6. The fraction of sp³-hybridized carbons (Fsp3) is 0.400. The zero-order chi connectivity index (χ0) is 24.4. The number of aliphatic hydroxyl groups is 1. The first-order valence-electron chi connectivity index (χ1n) is 11.9. The lowest BCUT2D eigenvalue weighted by molar-refractivity contribution is 0.277. The van der Waals surface area contributed by atoms with Gasteiger partial charge < -0.3 is 14.4 Å². The molecule has 1 saturated carbocycles. The lowest BCUT2D eigenvalue weighted by Gasteiger charge is -2.13. The highest BCUT2D eigenvalue weighted by Crippen LogP contribution is 2.32. The smallest absolute Gasteiger partial charge is 0.332 e. The molecular formula is C25H28N6O4. The van der Waals surface area contributed by atoms with Gasteiger partial charge in [0, 0.05) is 38.6 Å². The number of aromatic nitrogens is 6. The first-order valence-corrected chi connectivity index (χ1v) is 11.9. The largest absolute Gasteiger partial charge is 0.476 e. The number of rotatable bonds is 10. The predicted molar refractivity (Wildman–Crippen MR) is 130 cm³/mol. The van der Waals surface area contributed by atoms with Gasteiger partial charge in [-0.1, -0.05) is 30.3 Å². The summed E-state index contributed by atoms with van der Waals surface area (Å²) in [7, 11) is 0. The van der Waals surface area contributed by atoms with Gasteiger partial charge in [0.1, 0.15) is 0 Å². The Balaban J connectivity index is 1.76. The highest BCUT2D eigenvalue weighted by molar-refractivity contribution is 5.77. The monoisotopic (exact) mass is 476 g/mol. The number of benzene rings is 1. The molecule has 10 nitrogen and oxygen atoms in total. The number of hydrogen-bond donors (Lipinski definition) is 1. The first kappa shape index (κ1) is 23.0. The molecule has 0 saturated heterocycles. The van der Waals surface area contributed by atoms with E-state index in [1.54, 1.807) is 17.0 Å². The molecule has 3 aromatic heterocycles. The normalized spacial score (nSPS) is 13.4. The lowest BCUT2D eigenvalue weighted by Crippen LogP contribution is -2.40. The molecule has 10 heteroatoms. The molecule has 5 rings (SSSR count). The van der Waals surface area contributed by atoms with Gasteiger partial charge in [-0.15, -0.1) is 0 Å². The van der Waals surface area contributed by atoms with Crippen molar-refractivity contribution < 1.29 is 9.84 Å². The summed E-state index contributed by atoms with van der Waals surface area (Å²) in [6, 6.07) is 9.73. The maximum Gasteiger partial charge on any atom is 0.332 e. The average molecular weight is 477 g/mol. The lowest BCUT2D eigenvalue weighted by atomic mass is 10.2. The van der Waals surface area contributed by atoms with Gasteiger partial charge in [-0.3, -0.25) is 13.9 Å². The minimum absolute atomic E-state index is 0.119. The Morgan fingerprint density at radius 2 is 1.83 bits per heavy atom. The summed E-state index contributed by atoms with van der Waals surface area (Å²) in [5.74, 6) is 1.30. The molecule has 1 N–H and O–H groups in total. The maximum absolute atomic E-state index is 13.6. The molecule has 0 amide bonds. The van der Waals surface area contributed by atoms with Gasteiger partial charge in [0.25, 0.3) is 5.56 Å². The van der Waals surface area contributed by atoms with Crippen molar-refractivity contribution >= 4 is 11.2 Å². The number of aryl methyl sites for hydroxylation is 1. The highest BCUT2D eigenvalue weighted by Gasteiger charge is 2.27. The Labute approximate surface area is 201 Å². The van der Waals surface area contributed by atoms with Crippen molar-refractivity contribution in [1.82, 2.24) is 28.7 Å². The van der Waals surface area contributed by atoms with E-state index in [0.29, 0.717) is 60.6 Å². The van der Waals surface area contributed by atoms with E-state index < -0.39 is 11.2 Å². The van der Waals surface area contributed by atoms with E-state index in [1.165, 1.54) is 9.13 Å². The molecule has 1 aliphatic carbocycles. The summed E-state index contributed by atoms with van der Waals surface area (Å²) in [5, 5.41) is 9.30. The average Bonchev–Trinajstić information content (AvgIpc) is 3.64. The second kappa shape index (κ2) is 9.83. The molecule has 0 aliphatic heterocycles. The maximum atomic E-state index is 13.6. The molecule has 3 heterocycles. The summed E-state index contributed by atoms with van der Waals surface area (Å²) in [6.07, 6.45) is 5.71. The van der Waals surface area contributed by atoms with Gasteiger partial charge in [-0.05, 0) is 37.7 Å². The van der Waals surface area contributed by atoms with Crippen molar-refractivity contribution in [1.29, 1.82) is 0 Å². The Bertz CT molecular complexity index is 1450. The number of hydrogen-bond acceptors (Lipinski definition) is 7. The molecule has 1 fully saturated rings. The standard InChI is InChI=1S/C25H28N6O4/c1-2-29-22-20(24(33)30(25(29)34)13-6-14-32)31(15-17-7-4-3-5-8-17)21(28-22)19-23(27-12-11-26-19)35-16-18-9-10-18/h3-5,7-8,11-12,18,32H,2,6,9-10,13-16H2,1H3. The van der Waals surface area contributed by atoms with Crippen LogP contribution in [0, 0.1) is 5.92 Å². The summed E-state index contributed by atoms with van der Waals surface area (Å²) in [6.45, 7) is 3.08. The number of fused-ring (bicyclic) bond motifs is 1. The van der Waals surface area contributed by atoms with E-state index in [-0.39, 0.29) is 13.2 Å².